The monoisotopic (exact) mass is 351 g/mol. The zero-order chi connectivity index (χ0) is 15.4. The fraction of sp³-hybridized carbons (Fsp3) is 0.333. The zero-order valence-corrected chi connectivity index (χ0v) is 13.7. The molecule has 21 heavy (non-hydrogen) atoms. The highest BCUT2D eigenvalue weighted by atomic mass is 79.9. The maximum Gasteiger partial charge on any atom is 0.248 e. The van der Waals surface area contributed by atoms with Gasteiger partial charge in [0.25, 0.3) is 0 Å². The second-order valence-electron chi connectivity index (χ2n) is 4.55. The summed E-state index contributed by atoms with van der Waals surface area (Å²) in [4.78, 5) is 11.0. The Bertz CT molecular complexity index is 635. The molecule has 112 valence electrons. The van der Waals surface area contributed by atoms with Crippen LogP contribution >= 0.6 is 15.9 Å². The van der Waals surface area contributed by atoms with E-state index in [4.69, 9.17) is 10.5 Å². The van der Waals surface area contributed by atoms with Crippen molar-refractivity contribution in [1.82, 2.24) is 9.78 Å². The van der Waals surface area contributed by atoms with Crippen molar-refractivity contribution in [1.29, 1.82) is 0 Å². The van der Waals surface area contributed by atoms with E-state index in [0.717, 1.165) is 28.8 Å². The average molecular weight is 352 g/mol. The van der Waals surface area contributed by atoms with Gasteiger partial charge >= 0.3 is 0 Å². The third-order valence-corrected chi connectivity index (χ3v) is 4.12. The molecule has 0 bridgehead atoms. The first-order valence-corrected chi connectivity index (χ1v) is 7.62. The van der Waals surface area contributed by atoms with Gasteiger partial charge in [0.2, 0.25) is 5.91 Å². The van der Waals surface area contributed by atoms with Crippen LogP contribution in [0.2, 0.25) is 0 Å². The van der Waals surface area contributed by atoms with E-state index in [1.165, 1.54) is 0 Å². The summed E-state index contributed by atoms with van der Waals surface area (Å²) in [6.45, 7) is 5.32. The summed E-state index contributed by atoms with van der Waals surface area (Å²) in [5, 5.41) is 4.52. The molecule has 0 saturated heterocycles. The molecule has 5 nitrogen and oxygen atoms in total. The Labute approximate surface area is 132 Å². The van der Waals surface area contributed by atoms with E-state index < -0.39 is 5.91 Å². The molecular formula is C15H18BrN3O2. The minimum Gasteiger partial charge on any atom is -0.487 e. The molecule has 0 aliphatic heterocycles. The predicted octanol–water partition coefficient (Wildman–Crippen LogP) is 2.91. The molecule has 0 spiro atoms. The van der Waals surface area contributed by atoms with E-state index in [-0.39, 0.29) is 0 Å². The highest BCUT2D eigenvalue weighted by Crippen LogP contribution is 2.24. The van der Waals surface area contributed by atoms with Crippen LogP contribution in [0.1, 0.15) is 35.6 Å². The lowest BCUT2D eigenvalue weighted by Crippen LogP contribution is -2.10. The number of benzene rings is 1. The van der Waals surface area contributed by atoms with Gasteiger partial charge in [0.15, 0.2) is 0 Å². The number of ether oxygens (including phenoxy) is 1. The van der Waals surface area contributed by atoms with Crippen LogP contribution in [-0.4, -0.2) is 15.7 Å². The Kier molecular flexibility index (Phi) is 5.01. The van der Waals surface area contributed by atoms with E-state index in [1.54, 1.807) is 24.3 Å². The zero-order valence-electron chi connectivity index (χ0n) is 12.1. The van der Waals surface area contributed by atoms with Crippen molar-refractivity contribution in [3.63, 3.8) is 0 Å². The topological polar surface area (TPSA) is 70.1 Å². The smallest absolute Gasteiger partial charge is 0.248 e. The van der Waals surface area contributed by atoms with Gasteiger partial charge in [-0.25, -0.2) is 0 Å². The predicted molar refractivity (Wildman–Crippen MR) is 84.3 cm³/mol. The minimum atomic E-state index is -0.444. The number of aryl methyl sites for hydroxylation is 2. The molecule has 0 radical (unpaired) electrons. The van der Waals surface area contributed by atoms with Crippen LogP contribution in [0.25, 0.3) is 0 Å². The van der Waals surface area contributed by atoms with Crippen molar-refractivity contribution in [3.8, 4) is 5.75 Å². The molecule has 0 saturated carbocycles. The van der Waals surface area contributed by atoms with Gasteiger partial charge in [-0.3, -0.25) is 9.48 Å². The SMILES string of the molecule is CCc1nn(CC)c(COc2ccc(C(N)=O)cc2)c1Br. The highest BCUT2D eigenvalue weighted by molar-refractivity contribution is 9.10. The van der Waals surface area contributed by atoms with Gasteiger partial charge < -0.3 is 10.5 Å². The van der Waals surface area contributed by atoms with Crippen molar-refractivity contribution >= 4 is 21.8 Å². The fourth-order valence-electron chi connectivity index (χ4n) is 2.02. The summed E-state index contributed by atoms with van der Waals surface area (Å²) < 4.78 is 8.70. The second-order valence-corrected chi connectivity index (χ2v) is 5.35. The maximum absolute atomic E-state index is 11.0. The fourth-order valence-corrected chi connectivity index (χ4v) is 2.70. The van der Waals surface area contributed by atoms with Crippen molar-refractivity contribution in [2.24, 2.45) is 5.73 Å². The van der Waals surface area contributed by atoms with Crippen LogP contribution in [-0.2, 0) is 19.6 Å². The molecule has 0 aliphatic rings. The van der Waals surface area contributed by atoms with Gasteiger partial charge in [0, 0.05) is 12.1 Å². The summed E-state index contributed by atoms with van der Waals surface area (Å²) in [5.74, 6) is 0.245. The second kappa shape index (κ2) is 6.76. The summed E-state index contributed by atoms with van der Waals surface area (Å²) in [6, 6.07) is 6.78. The van der Waals surface area contributed by atoms with Crippen LogP contribution in [0.5, 0.6) is 5.75 Å². The van der Waals surface area contributed by atoms with Crippen molar-refractivity contribution < 1.29 is 9.53 Å². The summed E-state index contributed by atoms with van der Waals surface area (Å²) >= 11 is 3.58. The molecule has 2 rings (SSSR count). The standard InChI is InChI=1S/C15H18BrN3O2/c1-3-12-14(16)13(19(4-2)18-12)9-21-11-7-5-10(6-8-11)15(17)20/h5-8H,3-4,9H2,1-2H3,(H2,17,20). The number of carbonyl (C=O) groups excluding carboxylic acids is 1. The van der Waals surface area contributed by atoms with Gasteiger partial charge in [-0.15, -0.1) is 0 Å². The molecule has 1 amide bonds. The Morgan fingerprint density at radius 3 is 2.52 bits per heavy atom. The van der Waals surface area contributed by atoms with E-state index in [9.17, 15) is 4.79 Å². The third kappa shape index (κ3) is 3.44. The molecular weight excluding hydrogens is 334 g/mol. The Morgan fingerprint density at radius 1 is 1.33 bits per heavy atom. The number of hydrogen-bond acceptors (Lipinski definition) is 3. The first-order chi connectivity index (χ1) is 10.1. The molecule has 0 fully saturated rings. The number of rotatable bonds is 6. The Morgan fingerprint density at radius 2 is 2.00 bits per heavy atom. The Balaban J connectivity index is 2.12. The molecule has 1 aromatic carbocycles. The first kappa shape index (κ1) is 15.6. The van der Waals surface area contributed by atoms with E-state index in [0.29, 0.717) is 17.9 Å². The third-order valence-electron chi connectivity index (χ3n) is 3.21. The van der Waals surface area contributed by atoms with Crippen LogP contribution in [0.15, 0.2) is 28.7 Å². The van der Waals surface area contributed by atoms with E-state index >= 15 is 0 Å². The minimum absolute atomic E-state index is 0.414. The number of aromatic nitrogens is 2. The maximum atomic E-state index is 11.0. The highest BCUT2D eigenvalue weighted by Gasteiger charge is 2.14. The molecule has 6 heteroatoms. The van der Waals surface area contributed by atoms with Crippen LogP contribution in [0.4, 0.5) is 0 Å². The number of carbonyl (C=O) groups is 1. The van der Waals surface area contributed by atoms with Crippen molar-refractivity contribution in [2.75, 3.05) is 0 Å². The van der Waals surface area contributed by atoms with Gasteiger partial charge in [-0.2, -0.15) is 5.10 Å². The molecule has 2 aromatic rings. The molecule has 1 heterocycles. The first-order valence-electron chi connectivity index (χ1n) is 6.83. The van der Waals surface area contributed by atoms with Gasteiger partial charge in [-0.1, -0.05) is 6.92 Å². The van der Waals surface area contributed by atoms with E-state index in [1.807, 2.05) is 11.6 Å². The van der Waals surface area contributed by atoms with Crippen molar-refractivity contribution in [2.45, 2.75) is 33.4 Å². The average Bonchev–Trinajstić information content (AvgIpc) is 2.81. The molecule has 0 unspecified atom stereocenters. The number of primary amides is 1. The van der Waals surface area contributed by atoms with Gasteiger partial charge in [0.1, 0.15) is 12.4 Å². The number of hydrogen-bond donors (Lipinski definition) is 1. The molecule has 1 aromatic heterocycles. The van der Waals surface area contributed by atoms with Crippen molar-refractivity contribution in [3.05, 3.63) is 45.7 Å². The molecule has 2 N–H and O–H groups in total. The summed E-state index contributed by atoms with van der Waals surface area (Å²) in [7, 11) is 0. The quantitative estimate of drug-likeness (QED) is 0.869. The lowest BCUT2D eigenvalue weighted by molar-refractivity contribution is 0.100. The number of amides is 1. The number of halogens is 1. The number of nitrogens with zero attached hydrogens (tertiary/aromatic N) is 2. The largest absolute Gasteiger partial charge is 0.487 e. The normalized spacial score (nSPS) is 10.6. The molecule has 0 atom stereocenters. The lowest BCUT2D eigenvalue weighted by Gasteiger charge is -2.08. The van der Waals surface area contributed by atoms with Crippen LogP contribution in [0.3, 0.4) is 0 Å². The summed E-state index contributed by atoms with van der Waals surface area (Å²) in [5.41, 5.74) is 7.71. The Hall–Kier alpha value is -1.82. The van der Waals surface area contributed by atoms with Crippen LogP contribution in [0, 0.1) is 0 Å². The van der Waals surface area contributed by atoms with E-state index in [2.05, 4.69) is 28.0 Å². The molecule has 0 aliphatic carbocycles. The number of nitrogens with two attached hydrogens (primary N) is 1. The van der Waals surface area contributed by atoms with Gasteiger partial charge in [0.05, 0.1) is 15.9 Å². The van der Waals surface area contributed by atoms with Gasteiger partial charge in [-0.05, 0) is 53.5 Å². The lowest BCUT2D eigenvalue weighted by atomic mass is 10.2. The summed E-state index contributed by atoms with van der Waals surface area (Å²) in [6.07, 6.45) is 0.869. The van der Waals surface area contributed by atoms with Crippen LogP contribution < -0.4 is 10.5 Å².